The van der Waals surface area contributed by atoms with Crippen LogP contribution in [0, 0.1) is 11.3 Å². The van der Waals surface area contributed by atoms with Crippen molar-refractivity contribution in [2.45, 2.75) is 46.1 Å². The average Bonchev–Trinajstić information content (AvgIpc) is 3.31. The number of carbonyl (C=O) groups is 2. The lowest BCUT2D eigenvalue weighted by atomic mass is 9.95. The van der Waals surface area contributed by atoms with Crippen LogP contribution in [0.25, 0.3) is 0 Å². The number of rotatable bonds is 5. The standard InChI is InChI=1S/C18H26N2O3/c1-17(2,3)16(23)19-14-7-5-6-12(10-14)15(22)20-18(4,11-21)13-8-9-13/h5-7,10,13,21H,8-9,11H2,1-4H3,(H,19,23)(H,20,22). The van der Waals surface area contributed by atoms with Crippen LogP contribution in [-0.4, -0.2) is 29.1 Å². The van der Waals surface area contributed by atoms with Crippen molar-refractivity contribution >= 4 is 17.5 Å². The Labute approximate surface area is 137 Å². The molecular weight excluding hydrogens is 292 g/mol. The summed E-state index contributed by atoms with van der Waals surface area (Å²) in [6.07, 6.45) is 2.05. The molecule has 0 saturated heterocycles. The van der Waals surface area contributed by atoms with E-state index < -0.39 is 11.0 Å². The highest BCUT2D eigenvalue weighted by molar-refractivity contribution is 5.98. The summed E-state index contributed by atoms with van der Waals surface area (Å²) >= 11 is 0. The Balaban J connectivity index is 2.10. The minimum absolute atomic E-state index is 0.0795. The fourth-order valence-electron chi connectivity index (χ4n) is 2.38. The molecule has 1 aliphatic carbocycles. The summed E-state index contributed by atoms with van der Waals surface area (Å²) in [6, 6.07) is 6.85. The molecule has 2 amide bonds. The minimum Gasteiger partial charge on any atom is -0.394 e. The van der Waals surface area contributed by atoms with Crippen LogP contribution >= 0.6 is 0 Å². The average molecular weight is 318 g/mol. The number of anilines is 1. The Hall–Kier alpha value is -1.88. The molecule has 23 heavy (non-hydrogen) atoms. The number of nitrogens with one attached hydrogen (secondary N) is 2. The summed E-state index contributed by atoms with van der Waals surface area (Å²) in [5.74, 6) is -0.00577. The zero-order chi connectivity index (χ0) is 17.3. The SMILES string of the molecule is CC(C)(C)C(=O)Nc1cccc(C(=O)NC(C)(CO)C2CC2)c1. The van der Waals surface area contributed by atoms with Gasteiger partial charge >= 0.3 is 0 Å². The van der Waals surface area contributed by atoms with Crippen molar-refractivity contribution in [1.82, 2.24) is 5.32 Å². The van der Waals surface area contributed by atoms with Crippen LogP contribution in [0.4, 0.5) is 5.69 Å². The molecule has 1 aliphatic rings. The predicted molar refractivity (Wildman–Crippen MR) is 90.2 cm³/mol. The van der Waals surface area contributed by atoms with E-state index in [9.17, 15) is 14.7 Å². The van der Waals surface area contributed by atoms with E-state index in [1.165, 1.54) is 0 Å². The number of hydrogen-bond donors (Lipinski definition) is 3. The van der Waals surface area contributed by atoms with Crippen LogP contribution in [0.1, 0.15) is 50.9 Å². The number of aliphatic hydroxyl groups excluding tert-OH is 1. The molecule has 0 spiro atoms. The highest BCUT2D eigenvalue weighted by Crippen LogP contribution is 2.39. The van der Waals surface area contributed by atoms with Gasteiger partial charge in [-0.3, -0.25) is 9.59 Å². The van der Waals surface area contributed by atoms with Gasteiger partial charge in [-0.25, -0.2) is 0 Å². The summed E-state index contributed by atoms with van der Waals surface area (Å²) in [6.45, 7) is 7.29. The lowest BCUT2D eigenvalue weighted by Crippen LogP contribution is -2.50. The van der Waals surface area contributed by atoms with E-state index in [4.69, 9.17) is 0 Å². The van der Waals surface area contributed by atoms with Gasteiger partial charge in [0.15, 0.2) is 0 Å². The van der Waals surface area contributed by atoms with Gasteiger partial charge in [0, 0.05) is 16.7 Å². The molecular formula is C18H26N2O3. The van der Waals surface area contributed by atoms with Crippen molar-refractivity contribution in [1.29, 1.82) is 0 Å². The van der Waals surface area contributed by atoms with Gasteiger partial charge in [0.25, 0.3) is 5.91 Å². The fourth-order valence-corrected chi connectivity index (χ4v) is 2.38. The van der Waals surface area contributed by atoms with Gasteiger partial charge in [-0.05, 0) is 43.9 Å². The molecule has 5 heteroatoms. The number of amides is 2. The normalized spacial score (nSPS) is 17.3. The highest BCUT2D eigenvalue weighted by Gasteiger charge is 2.42. The first-order valence-corrected chi connectivity index (χ1v) is 8.00. The summed E-state index contributed by atoms with van der Waals surface area (Å²) in [7, 11) is 0. The smallest absolute Gasteiger partial charge is 0.251 e. The second-order valence-corrected chi connectivity index (χ2v) is 7.59. The van der Waals surface area contributed by atoms with Crippen molar-refractivity contribution in [3.8, 4) is 0 Å². The van der Waals surface area contributed by atoms with Gasteiger partial charge < -0.3 is 15.7 Å². The van der Waals surface area contributed by atoms with Crippen LogP contribution < -0.4 is 10.6 Å². The zero-order valence-corrected chi connectivity index (χ0v) is 14.3. The maximum atomic E-state index is 12.5. The Morgan fingerprint density at radius 1 is 1.22 bits per heavy atom. The molecule has 126 valence electrons. The molecule has 3 N–H and O–H groups in total. The lowest BCUT2D eigenvalue weighted by molar-refractivity contribution is -0.123. The molecule has 2 rings (SSSR count). The quantitative estimate of drug-likeness (QED) is 0.781. The summed E-state index contributed by atoms with van der Waals surface area (Å²) in [5, 5.41) is 15.3. The Morgan fingerprint density at radius 2 is 1.87 bits per heavy atom. The van der Waals surface area contributed by atoms with Crippen molar-refractivity contribution in [3.05, 3.63) is 29.8 Å². The maximum absolute atomic E-state index is 12.5. The third kappa shape index (κ3) is 4.32. The first-order chi connectivity index (χ1) is 10.7. The van der Waals surface area contributed by atoms with Gasteiger partial charge in [0.05, 0.1) is 12.1 Å². The van der Waals surface area contributed by atoms with Gasteiger partial charge in [0.2, 0.25) is 5.91 Å². The van der Waals surface area contributed by atoms with Crippen molar-refractivity contribution < 1.29 is 14.7 Å². The molecule has 5 nitrogen and oxygen atoms in total. The molecule has 1 aromatic rings. The largest absolute Gasteiger partial charge is 0.394 e. The van der Waals surface area contributed by atoms with Crippen molar-refractivity contribution in [3.63, 3.8) is 0 Å². The molecule has 0 heterocycles. The molecule has 1 atom stereocenters. The van der Waals surface area contributed by atoms with E-state index in [0.29, 0.717) is 17.2 Å². The van der Waals surface area contributed by atoms with Crippen LogP contribution in [-0.2, 0) is 4.79 Å². The van der Waals surface area contributed by atoms with Gasteiger partial charge in [0.1, 0.15) is 0 Å². The van der Waals surface area contributed by atoms with Crippen molar-refractivity contribution in [2.75, 3.05) is 11.9 Å². The van der Waals surface area contributed by atoms with Crippen LogP contribution in [0.3, 0.4) is 0 Å². The molecule has 0 aromatic heterocycles. The summed E-state index contributed by atoms with van der Waals surface area (Å²) in [4.78, 5) is 24.5. The first-order valence-electron chi connectivity index (χ1n) is 8.00. The van der Waals surface area contributed by atoms with E-state index in [2.05, 4.69) is 10.6 Å². The molecule has 1 aromatic carbocycles. The molecule has 0 bridgehead atoms. The molecule has 0 aliphatic heterocycles. The predicted octanol–water partition coefficient (Wildman–Crippen LogP) is 2.56. The lowest BCUT2D eigenvalue weighted by Gasteiger charge is -2.28. The van der Waals surface area contributed by atoms with E-state index >= 15 is 0 Å². The van der Waals surface area contributed by atoms with Gasteiger partial charge in [-0.15, -0.1) is 0 Å². The van der Waals surface area contributed by atoms with E-state index in [0.717, 1.165) is 12.8 Å². The summed E-state index contributed by atoms with van der Waals surface area (Å²) in [5.41, 5.74) is -0.0201. The Kier molecular flexibility index (Phi) is 4.80. The summed E-state index contributed by atoms with van der Waals surface area (Å²) < 4.78 is 0. The van der Waals surface area contributed by atoms with Gasteiger partial charge in [-0.2, -0.15) is 0 Å². The second-order valence-electron chi connectivity index (χ2n) is 7.59. The molecule has 1 fully saturated rings. The maximum Gasteiger partial charge on any atom is 0.251 e. The number of hydrogen-bond acceptors (Lipinski definition) is 3. The molecule has 1 unspecified atom stereocenters. The second kappa shape index (κ2) is 6.32. The topological polar surface area (TPSA) is 78.4 Å². The highest BCUT2D eigenvalue weighted by atomic mass is 16.3. The van der Waals surface area contributed by atoms with Crippen LogP contribution in [0.5, 0.6) is 0 Å². The van der Waals surface area contributed by atoms with Crippen LogP contribution in [0.15, 0.2) is 24.3 Å². The van der Waals surface area contributed by atoms with E-state index in [-0.39, 0.29) is 18.4 Å². The van der Waals surface area contributed by atoms with Crippen molar-refractivity contribution in [2.24, 2.45) is 11.3 Å². The van der Waals surface area contributed by atoms with Gasteiger partial charge in [-0.1, -0.05) is 26.8 Å². The monoisotopic (exact) mass is 318 g/mol. The number of benzene rings is 1. The molecule has 1 saturated carbocycles. The molecule has 0 radical (unpaired) electrons. The first kappa shape index (κ1) is 17.5. The third-order valence-corrected chi connectivity index (χ3v) is 4.27. The van der Waals surface area contributed by atoms with Crippen LogP contribution in [0.2, 0.25) is 0 Å². The van der Waals surface area contributed by atoms with E-state index in [1.807, 2.05) is 27.7 Å². The number of carbonyl (C=O) groups excluding carboxylic acids is 2. The minimum atomic E-state index is -0.582. The fraction of sp³-hybridized carbons (Fsp3) is 0.556. The Bertz CT molecular complexity index is 603. The van der Waals surface area contributed by atoms with E-state index in [1.54, 1.807) is 24.3 Å². The Morgan fingerprint density at radius 3 is 2.39 bits per heavy atom. The number of aliphatic hydroxyl groups is 1. The third-order valence-electron chi connectivity index (χ3n) is 4.27. The zero-order valence-electron chi connectivity index (χ0n) is 14.3.